The number of hydrogen-bond acceptors (Lipinski definition) is 5. The molecule has 0 aliphatic carbocycles. The summed E-state index contributed by atoms with van der Waals surface area (Å²) in [5.41, 5.74) is 0.803. The second-order valence-electron chi connectivity index (χ2n) is 5.06. The van der Waals surface area contributed by atoms with Crippen molar-refractivity contribution in [3.8, 4) is 5.75 Å². The Morgan fingerprint density at radius 2 is 1.90 bits per heavy atom. The lowest BCUT2D eigenvalue weighted by atomic mass is 10.2. The van der Waals surface area contributed by atoms with Crippen LogP contribution in [0.15, 0.2) is 23.1 Å². The first-order valence-corrected chi connectivity index (χ1v) is 9.88. The van der Waals surface area contributed by atoms with Crippen LogP contribution in [-0.4, -0.2) is 52.8 Å². The Balaban J connectivity index is 2.40. The minimum Gasteiger partial charge on any atom is -0.495 e. The molecule has 21 heavy (non-hydrogen) atoms. The quantitative estimate of drug-likeness (QED) is 0.818. The normalized spacial score (nSPS) is 19.9. The predicted octanol–water partition coefficient (Wildman–Crippen LogP) is 0.813. The van der Waals surface area contributed by atoms with Crippen molar-refractivity contribution in [1.29, 1.82) is 0 Å². The minimum atomic E-state index is -3.76. The summed E-state index contributed by atoms with van der Waals surface area (Å²) in [5.74, 6) is 0.164. The van der Waals surface area contributed by atoms with Crippen LogP contribution < -0.4 is 4.74 Å². The zero-order chi connectivity index (χ0) is 15.7. The van der Waals surface area contributed by atoms with Gasteiger partial charge in [-0.25, -0.2) is 16.8 Å². The first-order chi connectivity index (χ1) is 9.76. The molecule has 0 saturated carbocycles. The molecule has 0 bridgehead atoms. The number of sulfone groups is 1. The maximum absolute atomic E-state index is 12.7. The molecule has 6 nitrogen and oxygen atoms in total. The van der Waals surface area contributed by atoms with Crippen LogP contribution in [0, 0.1) is 6.92 Å². The Hall–Kier alpha value is -1.12. The smallest absolute Gasteiger partial charge is 0.246 e. The van der Waals surface area contributed by atoms with Gasteiger partial charge in [-0.15, -0.1) is 0 Å². The minimum absolute atomic E-state index is 0.0121. The van der Waals surface area contributed by atoms with E-state index in [4.69, 9.17) is 4.74 Å². The van der Waals surface area contributed by atoms with Gasteiger partial charge in [-0.1, -0.05) is 6.07 Å². The summed E-state index contributed by atoms with van der Waals surface area (Å²) in [6.07, 6.45) is 0.315. The zero-order valence-corrected chi connectivity index (χ0v) is 13.7. The van der Waals surface area contributed by atoms with Crippen molar-refractivity contribution >= 4 is 19.9 Å². The van der Waals surface area contributed by atoms with E-state index >= 15 is 0 Å². The number of aryl methyl sites for hydroxylation is 1. The van der Waals surface area contributed by atoms with E-state index in [1.54, 1.807) is 25.1 Å². The molecule has 1 fully saturated rings. The van der Waals surface area contributed by atoms with Gasteiger partial charge in [-0.3, -0.25) is 0 Å². The molecule has 0 atom stereocenters. The molecule has 1 aliphatic rings. The topological polar surface area (TPSA) is 80.8 Å². The molecule has 1 aromatic carbocycles. The summed E-state index contributed by atoms with van der Waals surface area (Å²) in [6.45, 7) is 1.99. The highest BCUT2D eigenvalue weighted by molar-refractivity contribution is 7.91. The van der Waals surface area contributed by atoms with E-state index in [1.807, 2.05) is 0 Å². The van der Waals surface area contributed by atoms with Crippen molar-refractivity contribution in [2.75, 3.05) is 31.7 Å². The third-order valence-corrected chi connectivity index (χ3v) is 7.09. The van der Waals surface area contributed by atoms with Gasteiger partial charge in [-0.05, 0) is 31.0 Å². The molecule has 2 rings (SSSR count). The van der Waals surface area contributed by atoms with Crippen molar-refractivity contribution in [1.82, 2.24) is 4.31 Å². The molecule has 0 unspecified atom stereocenters. The van der Waals surface area contributed by atoms with Crippen LogP contribution in [0.2, 0.25) is 0 Å². The lowest BCUT2D eigenvalue weighted by Crippen LogP contribution is -2.34. The van der Waals surface area contributed by atoms with Gasteiger partial charge in [0.2, 0.25) is 10.0 Å². The van der Waals surface area contributed by atoms with E-state index in [2.05, 4.69) is 0 Å². The maximum Gasteiger partial charge on any atom is 0.246 e. The Morgan fingerprint density at radius 1 is 1.19 bits per heavy atom. The van der Waals surface area contributed by atoms with E-state index < -0.39 is 19.9 Å². The van der Waals surface area contributed by atoms with Crippen LogP contribution in [0.3, 0.4) is 0 Å². The van der Waals surface area contributed by atoms with Crippen LogP contribution in [0.25, 0.3) is 0 Å². The lowest BCUT2D eigenvalue weighted by molar-refractivity contribution is 0.394. The third kappa shape index (κ3) is 3.56. The second-order valence-corrected chi connectivity index (χ2v) is 9.27. The highest BCUT2D eigenvalue weighted by Gasteiger charge is 2.31. The summed E-state index contributed by atoms with van der Waals surface area (Å²) in [6, 6.07) is 4.93. The second kappa shape index (κ2) is 5.94. The third-order valence-electron chi connectivity index (χ3n) is 3.45. The van der Waals surface area contributed by atoms with Gasteiger partial charge in [0.25, 0.3) is 0 Å². The Morgan fingerprint density at radius 3 is 2.57 bits per heavy atom. The maximum atomic E-state index is 12.7. The fourth-order valence-electron chi connectivity index (χ4n) is 2.28. The van der Waals surface area contributed by atoms with Crippen LogP contribution >= 0.6 is 0 Å². The average Bonchev–Trinajstić information content (AvgIpc) is 2.60. The number of rotatable bonds is 3. The Bertz CT molecular complexity index is 725. The van der Waals surface area contributed by atoms with E-state index in [0.717, 1.165) is 5.56 Å². The van der Waals surface area contributed by atoms with Crippen LogP contribution in [0.5, 0.6) is 5.75 Å². The largest absolute Gasteiger partial charge is 0.495 e. The molecule has 0 radical (unpaired) electrons. The monoisotopic (exact) mass is 333 g/mol. The molecule has 0 spiro atoms. The van der Waals surface area contributed by atoms with Gasteiger partial charge in [0, 0.05) is 13.1 Å². The molecular weight excluding hydrogens is 314 g/mol. The van der Waals surface area contributed by atoms with Crippen LogP contribution in [0.4, 0.5) is 0 Å². The average molecular weight is 333 g/mol. The lowest BCUT2D eigenvalue weighted by Gasteiger charge is -2.21. The molecule has 0 amide bonds. The van der Waals surface area contributed by atoms with Gasteiger partial charge >= 0.3 is 0 Å². The number of methoxy groups -OCH3 is 1. The highest BCUT2D eigenvalue weighted by atomic mass is 32.2. The van der Waals surface area contributed by atoms with Crippen LogP contribution in [0.1, 0.15) is 12.0 Å². The summed E-state index contributed by atoms with van der Waals surface area (Å²) in [5, 5.41) is 0. The van der Waals surface area contributed by atoms with E-state index in [9.17, 15) is 16.8 Å². The van der Waals surface area contributed by atoms with E-state index in [1.165, 1.54) is 11.4 Å². The number of ether oxygens (including phenoxy) is 1. The van der Waals surface area contributed by atoms with Crippen molar-refractivity contribution < 1.29 is 21.6 Å². The molecular formula is C13H19NO5S2. The SMILES string of the molecule is COc1ccc(C)cc1S(=O)(=O)N1CCCS(=O)(=O)CC1. The van der Waals surface area contributed by atoms with E-state index in [0.29, 0.717) is 6.42 Å². The summed E-state index contributed by atoms with van der Waals surface area (Å²) in [4.78, 5) is 0.0873. The fraction of sp³-hybridized carbons (Fsp3) is 0.538. The van der Waals surface area contributed by atoms with Gasteiger partial charge in [-0.2, -0.15) is 4.31 Å². The molecule has 1 saturated heterocycles. The standard InChI is InChI=1S/C13H19NO5S2/c1-11-4-5-12(19-2)13(10-11)21(17,18)14-6-3-8-20(15,16)9-7-14/h4-5,10H,3,6-9H2,1-2H3. The molecule has 8 heteroatoms. The molecule has 0 aromatic heterocycles. The van der Waals surface area contributed by atoms with Crippen molar-refractivity contribution in [3.05, 3.63) is 23.8 Å². The highest BCUT2D eigenvalue weighted by Crippen LogP contribution is 2.28. The van der Waals surface area contributed by atoms with Gasteiger partial charge in [0.15, 0.2) is 9.84 Å². The number of hydrogen-bond donors (Lipinski definition) is 0. The van der Waals surface area contributed by atoms with Crippen LogP contribution in [-0.2, 0) is 19.9 Å². The molecule has 1 aliphatic heterocycles. The molecule has 1 aromatic rings. The van der Waals surface area contributed by atoms with E-state index in [-0.39, 0.29) is 35.2 Å². The molecule has 118 valence electrons. The number of benzene rings is 1. The number of sulfonamides is 1. The molecule has 0 N–H and O–H groups in total. The first-order valence-electron chi connectivity index (χ1n) is 6.61. The Labute approximate surface area is 125 Å². The first kappa shape index (κ1) is 16.3. The Kier molecular flexibility index (Phi) is 4.60. The summed E-state index contributed by atoms with van der Waals surface area (Å²) >= 11 is 0. The van der Waals surface area contributed by atoms with Gasteiger partial charge in [0.05, 0.1) is 18.6 Å². The summed E-state index contributed by atoms with van der Waals surface area (Å²) in [7, 11) is -5.50. The summed E-state index contributed by atoms with van der Waals surface area (Å²) < 4.78 is 55.0. The number of nitrogens with zero attached hydrogens (tertiary/aromatic N) is 1. The van der Waals surface area contributed by atoms with Gasteiger partial charge < -0.3 is 4.74 Å². The van der Waals surface area contributed by atoms with Crippen molar-refractivity contribution in [2.24, 2.45) is 0 Å². The van der Waals surface area contributed by atoms with Gasteiger partial charge in [0.1, 0.15) is 10.6 Å². The zero-order valence-electron chi connectivity index (χ0n) is 12.1. The fourth-order valence-corrected chi connectivity index (χ4v) is 5.39. The molecule has 1 heterocycles. The van der Waals surface area contributed by atoms with Crippen molar-refractivity contribution in [3.63, 3.8) is 0 Å². The van der Waals surface area contributed by atoms with Crippen molar-refractivity contribution in [2.45, 2.75) is 18.2 Å². The predicted molar refractivity (Wildman–Crippen MR) is 79.8 cm³/mol.